The van der Waals surface area contributed by atoms with Crippen molar-refractivity contribution in [3.63, 3.8) is 0 Å². The van der Waals surface area contributed by atoms with Crippen LogP contribution in [-0.4, -0.2) is 22.9 Å². The van der Waals surface area contributed by atoms with Crippen LogP contribution in [0.1, 0.15) is 20.3 Å². The fraction of sp³-hybridized carbons (Fsp3) is 0.750. The van der Waals surface area contributed by atoms with Crippen LogP contribution in [0, 0.1) is 5.92 Å². The van der Waals surface area contributed by atoms with Crippen LogP contribution in [0.2, 0.25) is 0 Å². The predicted molar refractivity (Wildman–Crippen MR) is 41.7 cm³/mol. The maximum atomic E-state index is 9.24. The third-order valence-electron chi connectivity index (χ3n) is 1.56. The fourth-order valence-electron chi connectivity index (χ4n) is 0.629. The van der Waals surface area contributed by atoms with Crippen molar-refractivity contribution in [3.8, 4) is 0 Å². The lowest BCUT2D eigenvalue weighted by atomic mass is 10.0. The fourth-order valence-corrected chi connectivity index (χ4v) is 0.629. The minimum Gasteiger partial charge on any atom is -0.396 e. The van der Waals surface area contributed by atoms with Gasteiger partial charge < -0.3 is 10.2 Å². The normalized spacial score (nSPS) is 17.6. The van der Waals surface area contributed by atoms with Crippen molar-refractivity contribution in [2.45, 2.75) is 26.4 Å². The number of aliphatic hydroxyl groups excluding tert-OH is 2. The summed E-state index contributed by atoms with van der Waals surface area (Å²) in [5, 5.41) is 17.9. The number of allylic oxidation sites excluding steroid dienone is 1. The first-order valence-electron chi connectivity index (χ1n) is 3.62. The van der Waals surface area contributed by atoms with Crippen LogP contribution in [0.15, 0.2) is 12.2 Å². The van der Waals surface area contributed by atoms with Gasteiger partial charge in [0.05, 0.1) is 6.10 Å². The summed E-state index contributed by atoms with van der Waals surface area (Å²) in [5.41, 5.74) is 0. The Labute approximate surface area is 62.2 Å². The molecule has 2 unspecified atom stereocenters. The molecule has 0 radical (unpaired) electrons. The molecule has 0 amide bonds. The van der Waals surface area contributed by atoms with Crippen LogP contribution in [0.4, 0.5) is 0 Å². The van der Waals surface area contributed by atoms with E-state index in [9.17, 15) is 5.11 Å². The standard InChI is InChI=1S/C8H16O2/c1-3-4-5-8(10)7(2)6-9/h3-4,7-10H,5-6H2,1-2H3/b4-3+. The van der Waals surface area contributed by atoms with Gasteiger partial charge in [0.15, 0.2) is 0 Å². The summed E-state index contributed by atoms with van der Waals surface area (Å²) >= 11 is 0. The van der Waals surface area contributed by atoms with Crippen molar-refractivity contribution in [1.29, 1.82) is 0 Å². The molecule has 0 fully saturated rings. The van der Waals surface area contributed by atoms with Gasteiger partial charge in [0, 0.05) is 12.5 Å². The van der Waals surface area contributed by atoms with Crippen LogP contribution in [0.5, 0.6) is 0 Å². The van der Waals surface area contributed by atoms with E-state index in [2.05, 4.69) is 0 Å². The molecule has 0 rings (SSSR count). The largest absolute Gasteiger partial charge is 0.396 e. The molecule has 0 aromatic rings. The second kappa shape index (κ2) is 5.45. The monoisotopic (exact) mass is 144 g/mol. The Morgan fingerprint density at radius 3 is 2.50 bits per heavy atom. The molecule has 0 aromatic carbocycles. The number of hydrogen-bond acceptors (Lipinski definition) is 2. The lowest BCUT2D eigenvalue weighted by Crippen LogP contribution is -2.19. The molecule has 0 saturated carbocycles. The molecule has 0 bridgehead atoms. The topological polar surface area (TPSA) is 40.5 Å². The van der Waals surface area contributed by atoms with Crippen molar-refractivity contribution >= 4 is 0 Å². The zero-order chi connectivity index (χ0) is 7.98. The third-order valence-corrected chi connectivity index (χ3v) is 1.56. The quantitative estimate of drug-likeness (QED) is 0.576. The zero-order valence-corrected chi connectivity index (χ0v) is 6.62. The molecule has 0 heterocycles. The van der Waals surface area contributed by atoms with Gasteiger partial charge in [-0.25, -0.2) is 0 Å². The average Bonchev–Trinajstić information content (AvgIpc) is 1.98. The Kier molecular flexibility index (Phi) is 5.26. The minimum absolute atomic E-state index is 0.0174. The maximum absolute atomic E-state index is 9.24. The molecule has 0 aliphatic rings. The summed E-state index contributed by atoms with van der Waals surface area (Å²) in [5.74, 6) is -0.0174. The van der Waals surface area contributed by atoms with E-state index >= 15 is 0 Å². The molecule has 0 aliphatic heterocycles. The Bertz CT molecular complexity index is 99.4. The molecule has 0 aromatic heterocycles. The second-order valence-corrected chi connectivity index (χ2v) is 2.53. The first-order chi connectivity index (χ1) is 4.72. The highest BCUT2D eigenvalue weighted by molar-refractivity contribution is 4.81. The number of aliphatic hydroxyl groups is 2. The van der Waals surface area contributed by atoms with E-state index in [4.69, 9.17) is 5.11 Å². The first kappa shape index (κ1) is 9.66. The first-order valence-corrected chi connectivity index (χ1v) is 3.62. The summed E-state index contributed by atoms with van der Waals surface area (Å²) in [7, 11) is 0. The lowest BCUT2D eigenvalue weighted by molar-refractivity contribution is 0.0795. The molecule has 2 atom stereocenters. The highest BCUT2D eigenvalue weighted by Gasteiger charge is 2.10. The van der Waals surface area contributed by atoms with Gasteiger partial charge in [-0.15, -0.1) is 0 Å². The van der Waals surface area contributed by atoms with Crippen molar-refractivity contribution in [3.05, 3.63) is 12.2 Å². The van der Waals surface area contributed by atoms with E-state index in [1.807, 2.05) is 26.0 Å². The summed E-state index contributed by atoms with van der Waals surface area (Å²) in [6, 6.07) is 0. The van der Waals surface area contributed by atoms with E-state index in [1.165, 1.54) is 0 Å². The molecule has 0 spiro atoms. The van der Waals surface area contributed by atoms with Crippen LogP contribution in [0.25, 0.3) is 0 Å². The van der Waals surface area contributed by atoms with E-state index < -0.39 is 6.10 Å². The minimum atomic E-state index is -0.402. The Morgan fingerprint density at radius 2 is 2.10 bits per heavy atom. The molecular weight excluding hydrogens is 128 g/mol. The molecule has 2 nitrogen and oxygen atoms in total. The van der Waals surface area contributed by atoms with Gasteiger partial charge in [0.25, 0.3) is 0 Å². The average molecular weight is 144 g/mol. The van der Waals surface area contributed by atoms with Crippen molar-refractivity contribution in [1.82, 2.24) is 0 Å². The Morgan fingerprint density at radius 1 is 1.50 bits per heavy atom. The van der Waals surface area contributed by atoms with E-state index in [-0.39, 0.29) is 12.5 Å². The van der Waals surface area contributed by atoms with Gasteiger partial charge in [-0.1, -0.05) is 19.1 Å². The number of hydrogen-bond donors (Lipinski definition) is 2. The van der Waals surface area contributed by atoms with Crippen LogP contribution in [0.3, 0.4) is 0 Å². The smallest absolute Gasteiger partial charge is 0.0622 e. The molecule has 2 N–H and O–H groups in total. The summed E-state index contributed by atoms with van der Waals surface area (Å²) < 4.78 is 0. The van der Waals surface area contributed by atoms with Crippen molar-refractivity contribution in [2.24, 2.45) is 5.92 Å². The molecule has 60 valence electrons. The highest BCUT2D eigenvalue weighted by Crippen LogP contribution is 2.05. The second-order valence-electron chi connectivity index (χ2n) is 2.53. The van der Waals surface area contributed by atoms with Gasteiger partial charge >= 0.3 is 0 Å². The Balaban J connectivity index is 3.50. The Hall–Kier alpha value is -0.340. The van der Waals surface area contributed by atoms with Crippen LogP contribution < -0.4 is 0 Å². The third kappa shape index (κ3) is 3.64. The van der Waals surface area contributed by atoms with Gasteiger partial charge in [0.2, 0.25) is 0 Å². The van der Waals surface area contributed by atoms with E-state index in [0.717, 1.165) is 0 Å². The van der Waals surface area contributed by atoms with E-state index in [0.29, 0.717) is 6.42 Å². The van der Waals surface area contributed by atoms with Crippen LogP contribution in [-0.2, 0) is 0 Å². The van der Waals surface area contributed by atoms with Gasteiger partial charge in [-0.05, 0) is 13.3 Å². The predicted octanol–water partition coefficient (Wildman–Crippen LogP) is 0.942. The van der Waals surface area contributed by atoms with Gasteiger partial charge in [-0.2, -0.15) is 0 Å². The number of rotatable bonds is 4. The molecular formula is C8H16O2. The lowest BCUT2D eigenvalue weighted by Gasteiger charge is -2.13. The van der Waals surface area contributed by atoms with Gasteiger partial charge in [0.1, 0.15) is 0 Å². The molecule has 0 saturated heterocycles. The molecule has 0 aliphatic carbocycles. The van der Waals surface area contributed by atoms with Crippen molar-refractivity contribution in [2.75, 3.05) is 6.61 Å². The summed E-state index contributed by atoms with van der Waals surface area (Å²) in [6.07, 6.45) is 4.03. The highest BCUT2D eigenvalue weighted by atomic mass is 16.3. The zero-order valence-electron chi connectivity index (χ0n) is 6.62. The van der Waals surface area contributed by atoms with E-state index in [1.54, 1.807) is 0 Å². The molecule has 2 heteroatoms. The van der Waals surface area contributed by atoms with Gasteiger partial charge in [-0.3, -0.25) is 0 Å². The molecule has 10 heavy (non-hydrogen) atoms. The van der Waals surface area contributed by atoms with Crippen LogP contribution >= 0.6 is 0 Å². The SMILES string of the molecule is C/C=C/CC(O)C(C)CO. The summed E-state index contributed by atoms with van der Waals surface area (Å²) in [4.78, 5) is 0. The van der Waals surface area contributed by atoms with Crippen molar-refractivity contribution < 1.29 is 10.2 Å². The maximum Gasteiger partial charge on any atom is 0.0622 e. The summed E-state index contributed by atoms with van der Waals surface area (Å²) in [6.45, 7) is 3.79.